The number of hydrogen-bond donors (Lipinski definition) is 2. The van der Waals surface area contributed by atoms with E-state index in [9.17, 15) is 5.11 Å². The maximum absolute atomic E-state index is 9.66. The molecule has 0 bridgehead atoms. The molecule has 2 nitrogen and oxygen atoms in total. The molecule has 1 saturated carbocycles. The third-order valence-electron chi connectivity index (χ3n) is 4.51. The molecule has 0 spiro atoms. The number of aliphatic hydroxyl groups excluding tert-OH is 1. The van der Waals surface area contributed by atoms with Gasteiger partial charge in [0.15, 0.2) is 0 Å². The normalized spacial score (nSPS) is 33.5. The fourth-order valence-corrected chi connectivity index (χ4v) is 3.63. The highest BCUT2D eigenvalue weighted by atomic mass is 35.5. The highest BCUT2D eigenvalue weighted by Gasteiger charge is 2.68. The molecule has 3 rings (SSSR count). The molecule has 5 heteroatoms. The molecule has 18 heavy (non-hydrogen) atoms. The molecule has 1 aromatic rings. The van der Waals surface area contributed by atoms with Crippen LogP contribution in [0.5, 0.6) is 0 Å². The second kappa shape index (κ2) is 4.84. The number of nitrogens with one attached hydrogen (secondary N) is 1. The summed E-state index contributed by atoms with van der Waals surface area (Å²) in [5, 5.41) is 14.3. The van der Waals surface area contributed by atoms with Crippen LogP contribution in [0.2, 0.25) is 10.0 Å². The summed E-state index contributed by atoms with van der Waals surface area (Å²) in [6, 6.07) is 5.84. The predicted octanol–water partition coefficient (Wildman–Crippen LogP) is 3.03. The average Bonchev–Trinajstić information content (AvgIpc) is 3.04. The van der Waals surface area contributed by atoms with Gasteiger partial charge in [0.05, 0.1) is 10.0 Å². The lowest BCUT2D eigenvalue weighted by molar-refractivity contribution is 0.165. The van der Waals surface area contributed by atoms with Crippen LogP contribution in [0.3, 0.4) is 0 Å². The van der Waals surface area contributed by atoms with Crippen molar-refractivity contribution in [1.29, 1.82) is 0 Å². The molecule has 0 aromatic heterocycles. The number of hydrogen-bond acceptors (Lipinski definition) is 2. The lowest BCUT2D eigenvalue weighted by atomic mass is 9.82. The summed E-state index contributed by atoms with van der Waals surface area (Å²) < 4.78 is 0. The van der Waals surface area contributed by atoms with Crippen molar-refractivity contribution in [3.8, 4) is 0 Å². The minimum absolute atomic E-state index is 0. The summed E-state index contributed by atoms with van der Waals surface area (Å²) >= 11 is 12.0. The van der Waals surface area contributed by atoms with E-state index in [-0.39, 0.29) is 29.8 Å². The molecule has 2 aliphatic rings. The molecule has 2 unspecified atom stereocenters. The Morgan fingerprint density at radius 3 is 2.72 bits per heavy atom. The van der Waals surface area contributed by atoms with Crippen molar-refractivity contribution < 1.29 is 5.11 Å². The second-order valence-corrected chi connectivity index (χ2v) is 6.07. The Morgan fingerprint density at radius 2 is 2.06 bits per heavy atom. The van der Waals surface area contributed by atoms with Crippen LogP contribution in [0.4, 0.5) is 0 Å². The maximum atomic E-state index is 9.66. The molecule has 100 valence electrons. The van der Waals surface area contributed by atoms with Gasteiger partial charge < -0.3 is 10.4 Å². The van der Waals surface area contributed by atoms with E-state index in [1.165, 1.54) is 5.56 Å². The lowest BCUT2D eigenvalue weighted by Gasteiger charge is -2.30. The molecular weight excluding hydrogens is 293 g/mol. The maximum Gasteiger partial charge on any atom is 0.0595 e. The predicted molar refractivity (Wildman–Crippen MR) is 77.0 cm³/mol. The summed E-state index contributed by atoms with van der Waals surface area (Å²) in [6.07, 6.45) is 2.07. The zero-order valence-electron chi connectivity index (χ0n) is 9.88. The van der Waals surface area contributed by atoms with Crippen LogP contribution in [-0.4, -0.2) is 24.8 Å². The van der Waals surface area contributed by atoms with Crippen molar-refractivity contribution >= 4 is 35.6 Å². The first-order valence-electron chi connectivity index (χ1n) is 5.91. The molecule has 1 aliphatic carbocycles. The number of rotatable bonds is 2. The highest BCUT2D eigenvalue weighted by Crippen LogP contribution is 2.67. The number of piperidine rings is 1. The minimum Gasteiger partial charge on any atom is -0.396 e. The SMILES string of the molecule is Cl.OCC12CCNCC1(c1ccc(Cl)c(Cl)c1)C2. The first-order valence-corrected chi connectivity index (χ1v) is 6.66. The van der Waals surface area contributed by atoms with Crippen LogP contribution >= 0.6 is 35.6 Å². The van der Waals surface area contributed by atoms with E-state index < -0.39 is 0 Å². The summed E-state index contributed by atoms with van der Waals surface area (Å²) in [6.45, 7) is 2.17. The van der Waals surface area contributed by atoms with Crippen LogP contribution in [0.1, 0.15) is 18.4 Å². The van der Waals surface area contributed by atoms with E-state index in [1.807, 2.05) is 18.2 Å². The van der Waals surface area contributed by atoms with Gasteiger partial charge >= 0.3 is 0 Å². The Morgan fingerprint density at radius 1 is 1.28 bits per heavy atom. The summed E-state index contributed by atoms with van der Waals surface area (Å²) in [5.41, 5.74) is 1.33. The molecular formula is C13H16Cl3NO. The Balaban J connectivity index is 0.00000120. The molecule has 1 heterocycles. The first kappa shape index (κ1) is 14.4. The molecule has 2 N–H and O–H groups in total. The van der Waals surface area contributed by atoms with Gasteiger partial charge in [0.1, 0.15) is 0 Å². The highest BCUT2D eigenvalue weighted by molar-refractivity contribution is 6.42. The standard InChI is InChI=1S/C13H15Cl2NO.ClH/c14-10-2-1-9(5-11(10)15)13-6-12(13,8-17)3-4-16-7-13;/h1-2,5,16-17H,3-4,6-8H2;1H. The fourth-order valence-electron chi connectivity index (χ4n) is 3.33. The van der Waals surface area contributed by atoms with Gasteiger partial charge in [-0.25, -0.2) is 0 Å². The van der Waals surface area contributed by atoms with Gasteiger partial charge in [0.2, 0.25) is 0 Å². The van der Waals surface area contributed by atoms with Crippen molar-refractivity contribution in [3.63, 3.8) is 0 Å². The third kappa shape index (κ3) is 1.86. The van der Waals surface area contributed by atoms with Gasteiger partial charge in [-0.05, 0) is 37.1 Å². The van der Waals surface area contributed by atoms with Crippen molar-refractivity contribution in [3.05, 3.63) is 33.8 Å². The quantitative estimate of drug-likeness (QED) is 0.880. The summed E-state index contributed by atoms with van der Waals surface area (Å²) in [5.74, 6) is 0. The zero-order valence-corrected chi connectivity index (χ0v) is 12.2. The van der Waals surface area contributed by atoms with Crippen molar-refractivity contribution in [2.45, 2.75) is 18.3 Å². The van der Waals surface area contributed by atoms with E-state index in [1.54, 1.807) is 0 Å². The molecule has 2 fully saturated rings. The largest absolute Gasteiger partial charge is 0.396 e. The Labute approximate surface area is 123 Å². The molecule has 0 amide bonds. The molecule has 1 saturated heterocycles. The Bertz CT molecular complexity index is 468. The van der Waals surface area contributed by atoms with E-state index in [2.05, 4.69) is 5.32 Å². The molecule has 1 aromatic carbocycles. The topological polar surface area (TPSA) is 32.3 Å². The monoisotopic (exact) mass is 307 g/mol. The van der Waals surface area contributed by atoms with E-state index in [0.717, 1.165) is 25.9 Å². The second-order valence-electron chi connectivity index (χ2n) is 5.25. The minimum atomic E-state index is 0. The van der Waals surface area contributed by atoms with Gasteiger partial charge in [0.25, 0.3) is 0 Å². The lowest BCUT2D eigenvalue weighted by Crippen LogP contribution is -2.40. The van der Waals surface area contributed by atoms with Crippen molar-refractivity contribution in [1.82, 2.24) is 5.32 Å². The number of benzene rings is 1. The van der Waals surface area contributed by atoms with E-state index in [4.69, 9.17) is 23.2 Å². The number of halogens is 3. The first-order chi connectivity index (χ1) is 8.13. The number of aliphatic hydroxyl groups is 1. The van der Waals surface area contributed by atoms with E-state index in [0.29, 0.717) is 10.0 Å². The number of fused-ring (bicyclic) bond motifs is 1. The smallest absolute Gasteiger partial charge is 0.0595 e. The van der Waals surface area contributed by atoms with Gasteiger partial charge in [-0.2, -0.15) is 0 Å². The third-order valence-corrected chi connectivity index (χ3v) is 5.25. The van der Waals surface area contributed by atoms with Crippen LogP contribution < -0.4 is 5.32 Å². The van der Waals surface area contributed by atoms with Crippen molar-refractivity contribution in [2.75, 3.05) is 19.7 Å². The van der Waals surface area contributed by atoms with Crippen LogP contribution in [0, 0.1) is 5.41 Å². The van der Waals surface area contributed by atoms with Gasteiger partial charge in [-0.3, -0.25) is 0 Å². The molecule has 0 radical (unpaired) electrons. The molecule has 1 aliphatic heterocycles. The fraction of sp³-hybridized carbons (Fsp3) is 0.538. The van der Waals surface area contributed by atoms with Crippen LogP contribution in [-0.2, 0) is 5.41 Å². The van der Waals surface area contributed by atoms with Gasteiger partial charge in [0, 0.05) is 24.0 Å². The van der Waals surface area contributed by atoms with Gasteiger partial charge in [-0.15, -0.1) is 12.4 Å². The average molecular weight is 309 g/mol. The van der Waals surface area contributed by atoms with Gasteiger partial charge in [-0.1, -0.05) is 29.3 Å². The Hall–Kier alpha value is 0.01000. The molecule has 2 atom stereocenters. The van der Waals surface area contributed by atoms with Crippen LogP contribution in [0.25, 0.3) is 0 Å². The van der Waals surface area contributed by atoms with E-state index >= 15 is 0 Å². The Kier molecular flexibility index (Phi) is 3.88. The van der Waals surface area contributed by atoms with Crippen LogP contribution in [0.15, 0.2) is 18.2 Å². The van der Waals surface area contributed by atoms with Crippen molar-refractivity contribution in [2.24, 2.45) is 5.41 Å². The summed E-state index contributed by atoms with van der Waals surface area (Å²) in [4.78, 5) is 0. The zero-order chi connectivity index (χ0) is 12.1. The summed E-state index contributed by atoms with van der Waals surface area (Å²) in [7, 11) is 0.